The van der Waals surface area contributed by atoms with Crippen molar-refractivity contribution in [2.24, 2.45) is 0 Å². The van der Waals surface area contributed by atoms with Gasteiger partial charge in [-0.1, -0.05) is 32.9 Å². The molecular formula is C21H25NO3. The second-order valence-electron chi connectivity index (χ2n) is 6.73. The number of hydrogen-bond acceptors (Lipinski definition) is 3. The van der Waals surface area contributed by atoms with Gasteiger partial charge in [-0.15, -0.1) is 0 Å². The molecule has 0 saturated heterocycles. The molecule has 1 N–H and O–H groups in total. The Kier molecular flexibility index (Phi) is 5.97. The summed E-state index contributed by atoms with van der Waals surface area (Å²) in [5.74, 6) is 0.419. The minimum Gasteiger partial charge on any atom is -0.484 e. The molecular weight excluding hydrogens is 314 g/mol. The quantitative estimate of drug-likeness (QED) is 0.750. The molecule has 2 aromatic rings. The van der Waals surface area contributed by atoms with E-state index in [1.165, 1.54) is 12.5 Å². The summed E-state index contributed by atoms with van der Waals surface area (Å²) in [5.41, 5.74) is 2.63. The Labute approximate surface area is 149 Å². The Morgan fingerprint density at radius 2 is 1.60 bits per heavy atom. The summed E-state index contributed by atoms with van der Waals surface area (Å²) in [6, 6.07) is 14.6. The van der Waals surface area contributed by atoms with Crippen LogP contribution >= 0.6 is 0 Å². The maximum Gasteiger partial charge on any atom is 0.262 e. The Morgan fingerprint density at radius 3 is 2.12 bits per heavy atom. The number of rotatable bonds is 7. The molecule has 0 fully saturated rings. The molecule has 0 radical (unpaired) electrons. The largest absolute Gasteiger partial charge is 0.484 e. The standard InChI is InChI=1S/C21H25NO3/c1-5-21(3,4)17-8-12-19(13-9-17)25-14-20(24)22-18-10-6-16(7-11-18)15(2)23/h6-13H,5,14H2,1-4H3,(H,22,24). The number of carbonyl (C=O) groups is 2. The topological polar surface area (TPSA) is 55.4 Å². The number of benzene rings is 2. The predicted molar refractivity (Wildman–Crippen MR) is 100 cm³/mol. The van der Waals surface area contributed by atoms with Gasteiger partial charge in [-0.25, -0.2) is 0 Å². The van der Waals surface area contributed by atoms with Crippen LogP contribution in [0.1, 0.15) is 50.0 Å². The van der Waals surface area contributed by atoms with Crippen molar-refractivity contribution in [3.63, 3.8) is 0 Å². The van der Waals surface area contributed by atoms with Gasteiger partial charge in [0.05, 0.1) is 0 Å². The normalized spacial score (nSPS) is 11.0. The van der Waals surface area contributed by atoms with Crippen LogP contribution in [0.15, 0.2) is 48.5 Å². The van der Waals surface area contributed by atoms with E-state index < -0.39 is 0 Å². The molecule has 0 aliphatic carbocycles. The average Bonchev–Trinajstić information content (AvgIpc) is 2.61. The summed E-state index contributed by atoms with van der Waals surface area (Å²) in [6.07, 6.45) is 1.05. The molecule has 4 nitrogen and oxygen atoms in total. The van der Waals surface area contributed by atoms with Crippen molar-refractivity contribution >= 4 is 17.4 Å². The summed E-state index contributed by atoms with van der Waals surface area (Å²) in [5, 5.41) is 2.75. The second-order valence-corrected chi connectivity index (χ2v) is 6.73. The predicted octanol–water partition coefficient (Wildman–Crippen LogP) is 4.59. The highest BCUT2D eigenvalue weighted by Crippen LogP contribution is 2.28. The van der Waals surface area contributed by atoms with Crippen LogP contribution in [0.2, 0.25) is 0 Å². The molecule has 0 heterocycles. The van der Waals surface area contributed by atoms with Gasteiger partial charge in [0.2, 0.25) is 0 Å². The van der Waals surface area contributed by atoms with Gasteiger partial charge in [0, 0.05) is 11.3 Å². The molecule has 2 aromatic carbocycles. The fourth-order valence-electron chi connectivity index (χ4n) is 2.34. The van der Waals surface area contributed by atoms with E-state index in [1.807, 2.05) is 24.3 Å². The van der Waals surface area contributed by atoms with Crippen molar-refractivity contribution in [1.82, 2.24) is 0 Å². The molecule has 0 aliphatic heterocycles. The Hall–Kier alpha value is -2.62. The number of nitrogens with one attached hydrogen (secondary N) is 1. The maximum absolute atomic E-state index is 12.0. The van der Waals surface area contributed by atoms with E-state index in [9.17, 15) is 9.59 Å². The second kappa shape index (κ2) is 7.97. The fraction of sp³-hybridized carbons (Fsp3) is 0.333. The first-order valence-electron chi connectivity index (χ1n) is 8.46. The summed E-state index contributed by atoms with van der Waals surface area (Å²) < 4.78 is 5.54. The van der Waals surface area contributed by atoms with Crippen LogP contribution < -0.4 is 10.1 Å². The average molecular weight is 339 g/mol. The molecule has 0 bridgehead atoms. The molecule has 0 saturated carbocycles. The van der Waals surface area contributed by atoms with Crippen molar-refractivity contribution < 1.29 is 14.3 Å². The van der Waals surface area contributed by atoms with E-state index >= 15 is 0 Å². The molecule has 25 heavy (non-hydrogen) atoms. The fourth-order valence-corrected chi connectivity index (χ4v) is 2.34. The van der Waals surface area contributed by atoms with Gasteiger partial charge < -0.3 is 10.1 Å². The van der Waals surface area contributed by atoms with Crippen molar-refractivity contribution in [1.29, 1.82) is 0 Å². The monoisotopic (exact) mass is 339 g/mol. The van der Waals surface area contributed by atoms with E-state index in [0.717, 1.165) is 6.42 Å². The third-order valence-electron chi connectivity index (χ3n) is 4.46. The lowest BCUT2D eigenvalue weighted by atomic mass is 9.82. The van der Waals surface area contributed by atoms with Gasteiger partial charge in [-0.2, -0.15) is 0 Å². The number of anilines is 1. The van der Waals surface area contributed by atoms with Crippen LogP contribution in [-0.2, 0) is 10.2 Å². The highest BCUT2D eigenvalue weighted by molar-refractivity contribution is 5.95. The van der Waals surface area contributed by atoms with Gasteiger partial charge in [0.25, 0.3) is 5.91 Å². The zero-order valence-corrected chi connectivity index (χ0v) is 15.3. The van der Waals surface area contributed by atoms with Crippen LogP contribution in [0.4, 0.5) is 5.69 Å². The first-order chi connectivity index (χ1) is 11.8. The molecule has 132 valence electrons. The van der Waals surface area contributed by atoms with Crippen molar-refractivity contribution in [2.75, 3.05) is 11.9 Å². The summed E-state index contributed by atoms with van der Waals surface area (Å²) in [6.45, 7) is 8.01. The van der Waals surface area contributed by atoms with Crippen LogP contribution in [0.3, 0.4) is 0 Å². The summed E-state index contributed by atoms with van der Waals surface area (Å²) in [4.78, 5) is 23.2. The summed E-state index contributed by atoms with van der Waals surface area (Å²) in [7, 11) is 0. The smallest absolute Gasteiger partial charge is 0.262 e. The van der Waals surface area contributed by atoms with Gasteiger partial charge in [-0.05, 0) is 60.7 Å². The van der Waals surface area contributed by atoms with E-state index in [4.69, 9.17) is 4.74 Å². The SMILES string of the molecule is CCC(C)(C)c1ccc(OCC(=O)Nc2ccc(C(C)=O)cc2)cc1. The molecule has 0 spiro atoms. The van der Waals surface area contributed by atoms with Gasteiger partial charge in [0.15, 0.2) is 12.4 Å². The minimum atomic E-state index is -0.242. The van der Waals surface area contributed by atoms with Gasteiger partial charge in [0.1, 0.15) is 5.75 Å². The molecule has 4 heteroatoms. The van der Waals surface area contributed by atoms with Crippen molar-refractivity contribution in [3.05, 3.63) is 59.7 Å². The molecule has 1 amide bonds. The van der Waals surface area contributed by atoms with E-state index in [2.05, 4.69) is 26.1 Å². The number of hydrogen-bond donors (Lipinski definition) is 1. The highest BCUT2D eigenvalue weighted by Gasteiger charge is 2.17. The Balaban J connectivity index is 1.88. The first-order valence-corrected chi connectivity index (χ1v) is 8.46. The number of ether oxygens (including phenoxy) is 1. The third kappa shape index (κ3) is 5.18. The van der Waals surface area contributed by atoms with Crippen LogP contribution in [-0.4, -0.2) is 18.3 Å². The van der Waals surface area contributed by atoms with Crippen LogP contribution in [0.5, 0.6) is 5.75 Å². The maximum atomic E-state index is 12.0. The van der Waals surface area contributed by atoms with Crippen LogP contribution in [0.25, 0.3) is 0 Å². The van der Waals surface area contributed by atoms with E-state index in [1.54, 1.807) is 24.3 Å². The van der Waals surface area contributed by atoms with E-state index in [0.29, 0.717) is 17.0 Å². The zero-order chi connectivity index (χ0) is 18.4. The lowest BCUT2D eigenvalue weighted by Crippen LogP contribution is -2.20. The summed E-state index contributed by atoms with van der Waals surface area (Å²) >= 11 is 0. The molecule has 0 atom stereocenters. The Bertz CT molecular complexity index is 731. The van der Waals surface area contributed by atoms with Crippen molar-refractivity contribution in [2.45, 2.75) is 39.5 Å². The first kappa shape index (κ1) is 18.7. The Morgan fingerprint density at radius 1 is 1.00 bits per heavy atom. The lowest BCUT2D eigenvalue weighted by Gasteiger charge is -2.23. The number of ketones is 1. The number of carbonyl (C=O) groups excluding carboxylic acids is 2. The third-order valence-corrected chi connectivity index (χ3v) is 4.46. The lowest BCUT2D eigenvalue weighted by molar-refractivity contribution is -0.118. The molecule has 2 rings (SSSR count). The number of Topliss-reactive ketones (excluding diaryl/α,β-unsaturated/α-hetero) is 1. The van der Waals surface area contributed by atoms with Gasteiger partial charge >= 0.3 is 0 Å². The minimum absolute atomic E-state index is 0.00379. The zero-order valence-electron chi connectivity index (χ0n) is 15.3. The van der Waals surface area contributed by atoms with Crippen LogP contribution in [0, 0.1) is 0 Å². The van der Waals surface area contributed by atoms with Gasteiger partial charge in [-0.3, -0.25) is 9.59 Å². The van der Waals surface area contributed by atoms with Crippen molar-refractivity contribution in [3.8, 4) is 5.75 Å². The molecule has 0 aliphatic rings. The highest BCUT2D eigenvalue weighted by atomic mass is 16.5. The molecule has 0 aromatic heterocycles. The van der Waals surface area contributed by atoms with E-state index in [-0.39, 0.29) is 23.7 Å². The number of amides is 1. The molecule has 0 unspecified atom stereocenters.